The number of pyridine rings is 1. The minimum atomic E-state index is -2.66. The van der Waals surface area contributed by atoms with E-state index >= 15 is 0 Å². The Morgan fingerprint density at radius 1 is 1.43 bits per heavy atom. The molecule has 2 aliphatic rings. The van der Waals surface area contributed by atoms with Crippen LogP contribution in [0.1, 0.15) is 44.2 Å². The van der Waals surface area contributed by atoms with Crippen molar-refractivity contribution in [1.82, 2.24) is 9.88 Å². The van der Waals surface area contributed by atoms with Crippen molar-refractivity contribution in [3.05, 3.63) is 29.8 Å². The zero-order chi connectivity index (χ0) is 15.2. The fraction of sp³-hybridized carbons (Fsp3) is 0.600. The molecule has 1 aromatic heterocycles. The average Bonchev–Trinajstić information content (AvgIpc) is 2.98. The Bertz CT molecular complexity index is 566. The van der Waals surface area contributed by atoms with Crippen molar-refractivity contribution in [3.63, 3.8) is 0 Å². The Morgan fingerprint density at radius 3 is 2.81 bits per heavy atom. The highest BCUT2D eigenvalue weighted by molar-refractivity contribution is 5.86. The van der Waals surface area contributed by atoms with E-state index in [0.29, 0.717) is 18.4 Å². The molecule has 3 atom stereocenters. The predicted molar refractivity (Wildman–Crippen MR) is 70.1 cm³/mol. The van der Waals surface area contributed by atoms with Crippen LogP contribution in [0.2, 0.25) is 0 Å². The maximum absolute atomic E-state index is 13.4. The molecule has 0 aliphatic carbocycles. The fourth-order valence-electron chi connectivity index (χ4n) is 3.73. The maximum atomic E-state index is 13.4. The first-order valence-corrected chi connectivity index (χ1v) is 7.21. The highest BCUT2D eigenvalue weighted by Crippen LogP contribution is 2.52. The van der Waals surface area contributed by atoms with Gasteiger partial charge in [0.15, 0.2) is 0 Å². The molecule has 2 aliphatic heterocycles. The van der Waals surface area contributed by atoms with E-state index in [0.717, 1.165) is 6.20 Å². The van der Waals surface area contributed by atoms with E-state index in [1.165, 1.54) is 12.3 Å². The Labute approximate surface area is 121 Å². The molecule has 114 valence electrons. The van der Waals surface area contributed by atoms with Crippen LogP contribution in [0.15, 0.2) is 18.5 Å². The zero-order valence-electron chi connectivity index (χ0n) is 11.7. The average molecular weight is 298 g/mol. The van der Waals surface area contributed by atoms with Gasteiger partial charge in [0.05, 0.1) is 12.2 Å². The number of fused-ring (bicyclic) bond motifs is 1. The van der Waals surface area contributed by atoms with Gasteiger partial charge in [-0.25, -0.2) is 13.2 Å². The summed E-state index contributed by atoms with van der Waals surface area (Å²) in [5.74, 6) is -0.963. The first kappa shape index (κ1) is 14.4. The third kappa shape index (κ3) is 2.03. The highest BCUT2D eigenvalue weighted by Gasteiger charge is 2.59. The van der Waals surface area contributed by atoms with Crippen LogP contribution in [-0.2, 0) is 4.79 Å². The van der Waals surface area contributed by atoms with Gasteiger partial charge in [0.25, 0.3) is 6.43 Å². The van der Waals surface area contributed by atoms with Gasteiger partial charge < -0.3 is 4.90 Å². The summed E-state index contributed by atoms with van der Waals surface area (Å²) in [4.78, 5) is 17.9. The van der Waals surface area contributed by atoms with Gasteiger partial charge in [0.2, 0.25) is 5.91 Å². The largest absolute Gasteiger partial charge is 0.332 e. The van der Waals surface area contributed by atoms with E-state index in [1.807, 2.05) is 0 Å². The second kappa shape index (κ2) is 5.00. The van der Waals surface area contributed by atoms with Crippen LogP contribution in [0, 0.1) is 11.2 Å². The summed E-state index contributed by atoms with van der Waals surface area (Å²) in [6.45, 7) is 1.63. The lowest BCUT2D eigenvalue weighted by molar-refractivity contribution is -0.146. The second-order valence-electron chi connectivity index (χ2n) is 5.91. The minimum Gasteiger partial charge on any atom is -0.332 e. The number of hydrogen-bond acceptors (Lipinski definition) is 2. The van der Waals surface area contributed by atoms with E-state index in [2.05, 4.69) is 4.98 Å². The molecule has 1 aromatic rings. The van der Waals surface area contributed by atoms with Crippen molar-refractivity contribution in [1.29, 1.82) is 0 Å². The number of carbonyl (C=O) groups is 1. The van der Waals surface area contributed by atoms with E-state index in [1.54, 1.807) is 11.8 Å². The Morgan fingerprint density at radius 2 is 2.19 bits per heavy atom. The molecule has 1 amide bonds. The Balaban J connectivity index is 1.94. The van der Waals surface area contributed by atoms with E-state index in [4.69, 9.17) is 0 Å². The molecular weight excluding hydrogens is 281 g/mol. The van der Waals surface area contributed by atoms with Gasteiger partial charge in [0, 0.05) is 12.2 Å². The number of hydrogen-bond donors (Lipinski definition) is 0. The molecule has 0 aromatic carbocycles. The van der Waals surface area contributed by atoms with Crippen molar-refractivity contribution in [3.8, 4) is 0 Å². The van der Waals surface area contributed by atoms with Crippen LogP contribution < -0.4 is 0 Å². The monoisotopic (exact) mass is 298 g/mol. The van der Waals surface area contributed by atoms with Gasteiger partial charge in [-0.1, -0.05) is 6.92 Å². The molecule has 0 radical (unpaired) electrons. The summed E-state index contributed by atoms with van der Waals surface area (Å²) >= 11 is 0. The van der Waals surface area contributed by atoms with E-state index in [-0.39, 0.29) is 24.9 Å². The molecule has 0 N–H and O–H groups in total. The smallest absolute Gasteiger partial charge is 0.252 e. The summed E-state index contributed by atoms with van der Waals surface area (Å²) in [7, 11) is 0. The molecule has 2 saturated heterocycles. The van der Waals surface area contributed by atoms with Crippen molar-refractivity contribution < 1.29 is 18.0 Å². The predicted octanol–water partition coefficient (Wildman–Crippen LogP) is 3.32. The summed E-state index contributed by atoms with van der Waals surface area (Å²) in [6.07, 6.45) is 1.62. The number of halogens is 3. The third-order valence-electron chi connectivity index (χ3n) is 4.92. The van der Waals surface area contributed by atoms with Gasteiger partial charge in [-0.05, 0) is 37.3 Å². The number of nitrogens with zero attached hydrogens (tertiary/aromatic N) is 2. The maximum Gasteiger partial charge on any atom is 0.252 e. The van der Waals surface area contributed by atoms with Crippen LogP contribution >= 0.6 is 0 Å². The second-order valence-corrected chi connectivity index (χ2v) is 5.91. The topological polar surface area (TPSA) is 33.2 Å². The molecule has 6 heteroatoms. The Hall–Kier alpha value is -1.59. The first-order chi connectivity index (χ1) is 9.99. The van der Waals surface area contributed by atoms with Gasteiger partial charge in [-0.2, -0.15) is 0 Å². The van der Waals surface area contributed by atoms with Gasteiger partial charge in [0.1, 0.15) is 11.2 Å². The Kier molecular flexibility index (Phi) is 3.42. The molecule has 0 saturated carbocycles. The SMILES string of the molecule is CCC1(C(F)F)C[C@H]2CCC(c3cncc(F)c3)N2C1=O. The molecule has 3 nitrogen and oxygen atoms in total. The molecule has 3 rings (SSSR count). The fourth-order valence-corrected chi connectivity index (χ4v) is 3.73. The molecule has 0 spiro atoms. The van der Waals surface area contributed by atoms with Gasteiger partial charge in [-0.15, -0.1) is 0 Å². The van der Waals surface area contributed by atoms with Gasteiger partial charge >= 0.3 is 0 Å². The van der Waals surface area contributed by atoms with Crippen molar-refractivity contribution in [2.24, 2.45) is 5.41 Å². The first-order valence-electron chi connectivity index (χ1n) is 7.21. The minimum absolute atomic E-state index is 0.130. The summed E-state index contributed by atoms with van der Waals surface area (Å²) in [6, 6.07) is 0.833. The number of alkyl halides is 2. The summed E-state index contributed by atoms with van der Waals surface area (Å²) in [5.41, 5.74) is -0.976. The molecule has 2 unspecified atom stereocenters. The lowest BCUT2D eigenvalue weighted by Crippen LogP contribution is -2.40. The van der Waals surface area contributed by atoms with Crippen LogP contribution in [0.4, 0.5) is 13.2 Å². The summed E-state index contributed by atoms with van der Waals surface area (Å²) in [5, 5.41) is 0. The van der Waals surface area contributed by atoms with Crippen molar-refractivity contribution in [2.45, 2.75) is 51.1 Å². The van der Waals surface area contributed by atoms with Gasteiger partial charge in [-0.3, -0.25) is 9.78 Å². The third-order valence-corrected chi connectivity index (χ3v) is 4.92. The molecule has 0 bridgehead atoms. The van der Waals surface area contributed by atoms with E-state index in [9.17, 15) is 18.0 Å². The van der Waals surface area contributed by atoms with Crippen molar-refractivity contribution >= 4 is 5.91 Å². The summed E-state index contributed by atoms with van der Waals surface area (Å²) < 4.78 is 40.2. The zero-order valence-corrected chi connectivity index (χ0v) is 11.7. The molecule has 3 heterocycles. The number of carbonyl (C=O) groups excluding carboxylic acids is 1. The number of rotatable bonds is 3. The molecule has 2 fully saturated rings. The molecular formula is C15H17F3N2O. The molecule has 21 heavy (non-hydrogen) atoms. The lowest BCUT2D eigenvalue weighted by Gasteiger charge is -2.29. The van der Waals surface area contributed by atoms with Crippen LogP contribution in [0.25, 0.3) is 0 Å². The van der Waals surface area contributed by atoms with Crippen LogP contribution in [-0.4, -0.2) is 28.3 Å². The van der Waals surface area contributed by atoms with E-state index < -0.39 is 23.6 Å². The number of amides is 1. The van der Waals surface area contributed by atoms with Crippen LogP contribution in [0.5, 0.6) is 0 Å². The lowest BCUT2D eigenvalue weighted by atomic mass is 9.81. The normalized spacial score (nSPS) is 32.0. The van der Waals surface area contributed by atoms with Crippen LogP contribution in [0.3, 0.4) is 0 Å². The van der Waals surface area contributed by atoms with Crippen molar-refractivity contribution in [2.75, 3.05) is 0 Å². The number of aromatic nitrogens is 1. The quantitative estimate of drug-likeness (QED) is 0.857. The standard InChI is InChI=1S/C15H17F3N2O/c1-2-15(13(17)18)6-11-3-4-12(20(11)14(15)21)9-5-10(16)8-19-7-9/h5,7-8,11-13H,2-4,6H2,1H3/t11-,12?,15?/m1/s1. The highest BCUT2D eigenvalue weighted by atomic mass is 19.3.